The van der Waals surface area contributed by atoms with Gasteiger partial charge in [0.2, 0.25) is 5.91 Å². The van der Waals surface area contributed by atoms with E-state index in [4.69, 9.17) is 0 Å². The maximum atomic E-state index is 12.1. The van der Waals surface area contributed by atoms with Gasteiger partial charge >= 0.3 is 0 Å². The second-order valence-corrected chi connectivity index (χ2v) is 5.04. The number of β-amino-alcohol motifs (C(OH)–C–C–N with tert-alkyl or cyclic N) is 1. The first kappa shape index (κ1) is 13.2. The fourth-order valence-corrected chi connectivity index (χ4v) is 1.99. The van der Waals surface area contributed by atoms with Gasteiger partial charge in [-0.1, -0.05) is 20.8 Å². The molecule has 1 aliphatic heterocycles. The number of aliphatic hydroxyl groups excluding tert-OH is 1. The van der Waals surface area contributed by atoms with Gasteiger partial charge in [0.15, 0.2) is 5.78 Å². The molecule has 1 amide bonds. The molecule has 4 nitrogen and oxygen atoms in total. The van der Waals surface area contributed by atoms with E-state index in [-0.39, 0.29) is 23.5 Å². The van der Waals surface area contributed by atoms with Gasteiger partial charge in [-0.25, -0.2) is 0 Å². The van der Waals surface area contributed by atoms with Crippen molar-refractivity contribution in [3.8, 4) is 0 Å². The summed E-state index contributed by atoms with van der Waals surface area (Å²) >= 11 is 0. The topological polar surface area (TPSA) is 57.6 Å². The Morgan fingerprint density at radius 1 is 1.31 bits per heavy atom. The van der Waals surface area contributed by atoms with Gasteiger partial charge < -0.3 is 10.0 Å². The highest BCUT2D eigenvalue weighted by Crippen LogP contribution is 2.23. The van der Waals surface area contributed by atoms with Crippen LogP contribution in [-0.2, 0) is 9.59 Å². The number of hydrogen-bond acceptors (Lipinski definition) is 3. The molecule has 1 rings (SSSR count). The van der Waals surface area contributed by atoms with E-state index in [0.29, 0.717) is 13.0 Å². The molecule has 1 N–H and O–H groups in total. The third-order valence-electron chi connectivity index (χ3n) is 3.42. The van der Waals surface area contributed by atoms with Crippen molar-refractivity contribution >= 4 is 11.7 Å². The van der Waals surface area contributed by atoms with Crippen LogP contribution in [-0.4, -0.2) is 40.4 Å². The Kier molecular flexibility index (Phi) is 4.08. The lowest BCUT2D eigenvalue weighted by Gasteiger charge is -2.27. The molecule has 0 radical (unpaired) electrons. The van der Waals surface area contributed by atoms with Crippen LogP contribution in [0.1, 0.15) is 34.1 Å². The van der Waals surface area contributed by atoms with Crippen LogP contribution in [0.3, 0.4) is 0 Å². The number of Topliss-reactive ketones (excluding diaryl/α,β-unsaturated/α-hetero) is 1. The van der Waals surface area contributed by atoms with E-state index in [9.17, 15) is 14.7 Å². The lowest BCUT2D eigenvalue weighted by atomic mass is 9.96. The predicted octanol–water partition coefficient (Wildman–Crippen LogP) is 0.829. The Balaban J connectivity index is 2.78. The number of hydrogen-bond donors (Lipinski definition) is 1. The summed E-state index contributed by atoms with van der Waals surface area (Å²) in [5, 5.41) is 9.54. The van der Waals surface area contributed by atoms with E-state index in [1.54, 1.807) is 0 Å². The Morgan fingerprint density at radius 3 is 2.31 bits per heavy atom. The molecule has 4 heteroatoms. The molecular formula is C12H21NO3. The Labute approximate surface area is 96.6 Å². The first-order valence-electron chi connectivity index (χ1n) is 5.83. The molecule has 0 aromatic carbocycles. The van der Waals surface area contributed by atoms with E-state index in [2.05, 4.69) is 0 Å². The number of carbonyl (C=O) groups is 2. The summed E-state index contributed by atoms with van der Waals surface area (Å²) in [5.41, 5.74) is 0. The molecule has 1 saturated heterocycles. The normalized spacial score (nSPS) is 27.2. The monoisotopic (exact) mass is 227 g/mol. The van der Waals surface area contributed by atoms with Crippen molar-refractivity contribution in [2.45, 2.75) is 46.3 Å². The SMILES string of the molecule is CC(=O)C1C[C@@H](O)CN1C(=O)C(C)C(C)C. The van der Waals surface area contributed by atoms with E-state index in [0.717, 1.165) is 0 Å². The average Bonchev–Trinajstić information content (AvgIpc) is 2.58. The van der Waals surface area contributed by atoms with Crippen molar-refractivity contribution in [1.29, 1.82) is 0 Å². The molecule has 0 aromatic heterocycles. The van der Waals surface area contributed by atoms with Crippen LogP contribution in [0.4, 0.5) is 0 Å². The lowest BCUT2D eigenvalue weighted by Crippen LogP contribution is -2.43. The molecule has 1 fully saturated rings. The molecule has 92 valence electrons. The van der Waals surface area contributed by atoms with Crippen LogP contribution in [0.2, 0.25) is 0 Å². The molecule has 0 aromatic rings. The fourth-order valence-electron chi connectivity index (χ4n) is 1.99. The maximum Gasteiger partial charge on any atom is 0.226 e. The largest absolute Gasteiger partial charge is 0.391 e. The molecular weight excluding hydrogens is 206 g/mol. The third-order valence-corrected chi connectivity index (χ3v) is 3.42. The first-order valence-corrected chi connectivity index (χ1v) is 5.83. The molecule has 0 bridgehead atoms. The Hall–Kier alpha value is -0.900. The van der Waals surface area contributed by atoms with Crippen molar-refractivity contribution in [1.82, 2.24) is 4.90 Å². The van der Waals surface area contributed by atoms with E-state index in [1.165, 1.54) is 11.8 Å². The summed E-state index contributed by atoms with van der Waals surface area (Å²) in [6, 6.07) is -0.427. The lowest BCUT2D eigenvalue weighted by molar-refractivity contribution is -0.141. The summed E-state index contributed by atoms with van der Waals surface area (Å²) in [4.78, 5) is 25.0. The minimum atomic E-state index is -0.558. The molecule has 2 unspecified atom stereocenters. The standard InChI is InChI=1S/C12H21NO3/c1-7(2)8(3)12(16)13-6-10(15)5-11(13)9(4)14/h7-8,10-11,15H,5-6H2,1-4H3/t8?,10-,11?/m1/s1. The van der Waals surface area contributed by atoms with Gasteiger partial charge in [0.1, 0.15) is 0 Å². The van der Waals surface area contributed by atoms with Gasteiger partial charge in [-0.2, -0.15) is 0 Å². The van der Waals surface area contributed by atoms with Crippen LogP contribution in [0, 0.1) is 11.8 Å². The van der Waals surface area contributed by atoms with Gasteiger partial charge in [0.05, 0.1) is 12.1 Å². The van der Waals surface area contributed by atoms with Crippen LogP contribution >= 0.6 is 0 Å². The minimum Gasteiger partial charge on any atom is -0.391 e. The zero-order valence-corrected chi connectivity index (χ0v) is 10.4. The summed E-state index contributed by atoms with van der Waals surface area (Å²) in [7, 11) is 0. The molecule has 1 aliphatic rings. The van der Waals surface area contributed by atoms with Gasteiger partial charge in [-0.3, -0.25) is 9.59 Å². The van der Waals surface area contributed by atoms with Crippen molar-refractivity contribution in [2.75, 3.05) is 6.54 Å². The number of likely N-dealkylation sites (tertiary alicyclic amines) is 1. The van der Waals surface area contributed by atoms with Crippen molar-refractivity contribution in [2.24, 2.45) is 11.8 Å². The van der Waals surface area contributed by atoms with Gasteiger partial charge in [0, 0.05) is 18.9 Å². The molecule has 0 spiro atoms. The number of ketones is 1. The van der Waals surface area contributed by atoms with Crippen LogP contribution in [0.15, 0.2) is 0 Å². The fraction of sp³-hybridized carbons (Fsp3) is 0.833. The third kappa shape index (κ3) is 2.61. The van der Waals surface area contributed by atoms with Crippen LogP contribution in [0.5, 0.6) is 0 Å². The highest BCUT2D eigenvalue weighted by molar-refractivity contribution is 5.89. The molecule has 3 atom stereocenters. The highest BCUT2D eigenvalue weighted by Gasteiger charge is 2.38. The zero-order valence-electron chi connectivity index (χ0n) is 10.4. The second-order valence-electron chi connectivity index (χ2n) is 5.04. The minimum absolute atomic E-state index is 0.0215. The van der Waals surface area contributed by atoms with Crippen molar-refractivity contribution < 1.29 is 14.7 Å². The second kappa shape index (κ2) is 4.95. The molecule has 16 heavy (non-hydrogen) atoms. The predicted molar refractivity (Wildman–Crippen MR) is 60.8 cm³/mol. The summed E-state index contributed by atoms with van der Waals surface area (Å²) in [6.07, 6.45) is -0.177. The number of nitrogens with zero attached hydrogens (tertiary/aromatic N) is 1. The van der Waals surface area contributed by atoms with E-state index >= 15 is 0 Å². The summed E-state index contributed by atoms with van der Waals surface area (Å²) < 4.78 is 0. The Bertz CT molecular complexity index is 288. The quantitative estimate of drug-likeness (QED) is 0.777. The highest BCUT2D eigenvalue weighted by atomic mass is 16.3. The van der Waals surface area contributed by atoms with E-state index < -0.39 is 12.1 Å². The van der Waals surface area contributed by atoms with Crippen molar-refractivity contribution in [3.63, 3.8) is 0 Å². The number of rotatable bonds is 3. The van der Waals surface area contributed by atoms with Crippen LogP contribution in [0.25, 0.3) is 0 Å². The maximum absolute atomic E-state index is 12.1. The van der Waals surface area contributed by atoms with E-state index in [1.807, 2.05) is 20.8 Å². The van der Waals surface area contributed by atoms with Crippen LogP contribution < -0.4 is 0 Å². The van der Waals surface area contributed by atoms with Crippen molar-refractivity contribution in [3.05, 3.63) is 0 Å². The smallest absolute Gasteiger partial charge is 0.226 e. The zero-order chi connectivity index (χ0) is 12.5. The summed E-state index contributed by atoms with van der Waals surface area (Å²) in [6.45, 7) is 7.60. The van der Waals surface area contributed by atoms with Gasteiger partial charge in [-0.15, -0.1) is 0 Å². The molecule has 1 heterocycles. The number of carbonyl (C=O) groups excluding carboxylic acids is 2. The van der Waals surface area contributed by atoms with Gasteiger partial charge in [-0.05, 0) is 12.8 Å². The van der Waals surface area contributed by atoms with Gasteiger partial charge in [0.25, 0.3) is 0 Å². The summed E-state index contributed by atoms with van der Waals surface area (Å²) in [5.74, 6) is 0.0811. The average molecular weight is 227 g/mol. The first-order chi connectivity index (χ1) is 7.34. The molecule has 0 aliphatic carbocycles. The number of aliphatic hydroxyl groups is 1. The Morgan fingerprint density at radius 2 is 1.88 bits per heavy atom. The molecule has 0 saturated carbocycles. The number of amides is 1.